The van der Waals surface area contributed by atoms with Crippen LogP contribution in [-0.2, 0) is 4.79 Å². The summed E-state index contributed by atoms with van der Waals surface area (Å²) in [5, 5.41) is 10.8. The van der Waals surface area contributed by atoms with Gasteiger partial charge in [-0.2, -0.15) is 0 Å². The second-order valence-electron chi connectivity index (χ2n) is 10.0. The Bertz CT molecular complexity index is 514. The van der Waals surface area contributed by atoms with Gasteiger partial charge in [-0.05, 0) is 106 Å². The quantitative estimate of drug-likeness (QED) is 0.774. The van der Waals surface area contributed by atoms with Gasteiger partial charge >= 0.3 is 0 Å². The first kappa shape index (κ1) is 17.1. The molecule has 4 fully saturated rings. The summed E-state index contributed by atoms with van der Waals surface area (Å²) in [6.07, 6.45) is 12.0. The fourth-order valence-electron chi connectivity index (χ4n) is 7.95. The molecule has 4 rings (SSSR count). The Morgan fingerprint density at radius 3 is 2.46 bits per heavy atom. The maximum atomic E-state index is 12.2. The molecule has 2 heteroatoms. The van der Waals surface area contributed by atoms with E-state index in [0.717, 1.165) is 55.3 Å². The zero-order chi connectivity index (χ0) is 17.1. The first-order valence-corrected chi connectivity index (χ1v) is 10.6. The standard InChI is InChI=1S/C22H36O2/c1-4-22(24)12-10-16-15(13-22)5-6-18-17(16)9-11-21(3)19(14(2)23)7-8-20(18)21/h15-20,24H,4-13H2,1-3H3/t15?,16-,17?,18?,19+,20?,21+,22+/m0/s1. The molecule has 0 aromatic rings. The van der Waals surface area contributed by atoms with Crippen molar-refractivity contribution in [2.24, 2.45) is 40.9 Å². The van der Waals surface area contributed by atoms with Gasteiger partial charge in [0.15, 0.2) is 0 Å². The Morgan fingerprint density at radius 1 is 1.00 bits per heavy atom. The summed E-state index contributed by atoms with van der Waals surface area (Å²) in [4.78, 5) is 12.2. The number of aliphatic hydroxyl groups is 1. The lowest BCUT2D eigenvalue weighted by Crippen LogP contribution is -2.51. The maximum absolute atomic E-state index is 12.2. The van der Waals surface area contributed by atoms with Crippen LogP contribution in [0.25, 0.3) is 0 Å². The van der Waals surface area contributed by atoms with Crippen molar-refractivity contribution in [1.82, 2.24) is 0 Å². The molecule has 0 aromatic carbocycles. The number of hydrogen-bond donors (Lipinski definition) is 1. The van der Waals surface area contributed by atoms with Crippen molar-refractivity contribution in [3.05, 3.63) is 0 Å². The zero-order valence-electron chi connectivity index (χ0n) is 15.9. The molecule has 24 heavy (non-hydrogen) atoms. The summed E-state index contributed by atoms with van der Waals surface area (Å²) in [5.74, 6) is 4.93. The lowest BCUT2D eigenvalue weighted by Gasteiger charge is -2.57. The molecular formula is C22H36O2. The third kappa shape index (κ3) is 2.42. The van der Waals surface area contributed by atoms with Crippen molar-refractivity contribution < 1.29 is 9.90 Å². The third-order valence-corrected chi connectivity index (χ3v) is 9.25. The molecule has 4 unspecified atom stereocenters. The van der Waals surface area contributed by atoms with E-state index in [9.17, 15) is 9.90 Å². The second-order valence-corrected chi connectivity index (χ2v) is 10.0. The highest BCUT2D eigenvalue weighted by molar-refractivity contribution is 5.79. The van der Waals surface area contributed by atoms with Gasteiger partial charge in [0.25, 0.3) is 0 Å². The fourth-order valence-corrected chi connectivity index (χ4v) is 7.95. The molecule has 0 aliphatic heterocycles. The monoisotopic (exact) mass is 332 g/mol. The first-order chi connectivity index (χ1) is 11.4. The van der Waals surface area contributed by atoms with Gasteiger partial charge in [-0.3, -0.25) is 4.79 Å². The molecule has 0 aromatic heterocycles. The van der Waals surface area contributed by atoms with Gasteiger partial charge in [0, 0.05) is 5.92 Å². The smallest absolute Gasteiger partial charge is 0.133 e. The molecule has 0 radical (unpaired) electrons. The molecular weight excluding hydrogens is 296 g/mol. The minimum atomic E-state index is -0.371. The molecule has 2 nitrogen and oxygen atoms in total. The molecule has 0 spiro atoms. The van der Waals surface area contributed by atoms with Crippen LogP contribution in [-0.4, -0.2) is 16.5 Å². The van der Waals surface area contributed by atoms with Crippen LogP contribution in [0.5, 0.6) is 0 Å². The van der Waals surface area contributed by atoms with E-state index < -0.39 is 0 Å². The molecule has 0 saturated heterocycles. The summed E-state index contributed by atoms with van der Waals surface area (Å²) in [5.41, 5.74) is -0.0804. The van der Waals surface area contributed by atoms with E-state index in [-0.39, 0.29) is 5.60 Å². The van der Waals surface area contributed by atoms with Crippen LogP contribution in [0, 0.1) is 40.9 Å². The third-order valence-electron chi connectivity index (χ3n) is 9.25. The van der Waals surface area contributed by atoms with Gasteiger partial charge in [0.2, 0.25) is 0 Å². The Morgan fingerprint density at radius 2 is 1.75 bits per heavy atom. The number of ketones is 1. The number of carbonyl (C=O) groups excluding carboxylic acids is 1. The summed E-state index contributed by atoms with van der Waals surface area (Å²) in [6.45, 7) is 6.42. The van der Waals surface area contributed by atoms with E-state index in [2.05, 4.69) is 13.8 Å². The van der Waals surface area contributed by atoms with Crippen molar-refractivity contribution in [2.45, 2.75) is 90.6 Å². The van der Waals surface area contributed by atoms with E-state index in [0.29, 0.717) is 17.1 Å². The number of fused-ring (bicyclic) bond motifs is 5. The van der Waals surface area contributed by atoms with Crippen molar-refractivity contribution >= 4 is 5.78 Å². The first-order valence-electron chi connectivity index (χ1n) is 10.6. The molecule has 8 atom stereocenters. The molecule has 0 heterocycles. The normalized spacial score (nSPS) is 53.8. The van der Waals surface area contributed by atoms with E-state index in [1.165, 1.54) is 38.5 Å². The average Bonchev–Trinajstić information content (AvgIpc) is 2.91. The van der Waals surface area contributed by atoms with Crippen LogP contribution < -0.4 is 0 Å². The van der Waals surface area contributed by atoms with Crippen molar-refractivity contribution in [3.63, 3.8) is 0 Å². The van der Waals surface area contributed by atoms with Gasteiger partial charge in [-0.15, -0.1) is 0 Å². The molecule has 0 bridgehead atoms. The maximum Gasteiger partial charge on any atom is 0.133 e. The molecule has 0 amide bonds. The topological polar surface area (TPSA) is 37.3 Å². The zero-order valence-corrected chi connectivity index (χ0v) is 15.9. The molecule has 4 saturated carbocycles. The number of hydrogen-bond acceptors (Lipinski definition) is 2. The van der Waals surface area contributed by atoms with Crippen LogP contribution >= 0.6 is 0 Å². The van der Waals surface area contributed by atoms with E-state index >= 15 is 0 Å². The highest BCUT2D eigenvalue weighted by Gasteiger charge is 2.58. The van der Waals surface area contributed by atoms with E-state index in [1.807, 2.05) is 6.92 Å². The summed E-state index contributed by atoms with van der Waals surface area (Å²) >= 11 is 0. The molecule has 4 aliphatic rings. The molecule has 4 aliphatic carbocycles. The predicted octanol–water partition coefficient (Wildman–Crippen LogP) is 4.99. The van der Waals surface area contributed by atoms with Crippen LogP contribution in [0.1, 0.15) is 85.0 Å². The molecule has 1 N–H and O–H groups in total. The lowest BCUT2D eigenvalue weighted by atomic mass is 9.48. The van der Waals surface area contributed by atoms with Crippen LogP contribution in [0.3, 0.4) is 0 Å². The van der Waals surface area contributed by atoms with Crippen LogP contribution in [0.15, 0.2) is 0 Å². The van der Waals surface area contributed by atoms with Gasteiger partial charge < -0.3 is 5.11 Å². The minimum Gasteiger partial charge on any atom is -0.390 e. The Balaban J connectivity index is 1.54. The van der Waals surface area contributed by atoms with Crippen molar-refractivity contribution in [1.29, 1.82) is 0 Å². The summed E-state index contributed by atoms with van der Waals surface area (Å²) < 4.78 is 0. The Labute approximate surface area is 147 Å². The van der Waals surface area contributed by atoms with Crippen molar-refractivity contribution in [3.8, 4) is 0 Å². The average molecular weight is 333 g/mol. The van der Waals surface area contributed by atoms with Crippen molar-refractivity contribution in [2.75, 3.05) is 0 Å². The summed E-state index contributed by atoms with van der Waals surface area (Å²) in [6, 6.07) is 0. The van der Waals surface area contributed by atoms with Gasteiger partial charge in [-0.25, -0.2) is 0 Å². The Kier molecular flexibility index (Phi) is 4.14. The molecule has 136 valence electrons. The Hall–Kier alpha value is -0.370. The van der Waals surface area contributed by atoms with E-state index in [4.69, 9.17) is 0 Å². The van der Waals surface area contributed by atoms with E-state index in [1.54, 1.807) is 0 Å². The van der Waals surface area contributed by atoms with Gasteiger partial charge in [-0.1, -0.05) is 13.8 Å². The van der Waals surface area contributed by atoms with Crippen LogP contribution in [0.2, 0.25) is 0 Å². The van der Waals surface area contributed by atoms with Crippen LogP contribution in [0.4, 0.5) is 0 Å². The highest BCUT2D eigenvalue weighted by atomic mass is 16.3. The summed E-state index contributed by atoms with van der Waals surface area (Å²) in [7, 11) is 0. The second kappa shape index (κ2) is 5.83. The fraction of sp³-hybridized carbons (Fsp3) is 0.955. The van der Waals surface area contributed by atoms with Gasteiger partial charge in [0.05, 0.1) is 5.60 Å². The number of rotatable bonds is 2. The SMILES string of the molecule is CC[C@@]1(O)CC[C@H]2C(CCC3C2CC[C@@]2(C)C3CC[C@@H]2C(C)=O)C1. The minimum absolute atomic E-state index is 0.290. The number of Topliss-reactive ketones (excluding diaryl/α,β-unsaturated/α-hetero) is 1. The number of carbonyl (C=O) groups is 1. The largest absolute Gasteiger partial charge is 0.390 e. The van der Waals surface area contributed by atoms with Gasteiger partial charge in [0.1, 0.15) is 5.78 Å². The lowest BCUT2D eigenvalue weighted by molar-refractivity contribution is -0.131. The predicted molar refractivity (Wildman–Crippen MR) is 96.5 cm³/mol. The highest BCUT2D eigenvalue weighted by Crippen LogP contribution is 2.64.